The number of hydrogen-bond acceptors (Lipinski definition) is 3. The summed E-state index contributed by atoms with van der Waals surface area (Å²) in [7, 11) is 0. The lowest BCUT2D eigenvalue weighted by Gasteiger charge is -2.11. The molecule has 7 heteroatoms. The summed E-state index contributed by atoms with van der Waals surface area (Å²) in [6, 6.07) is 9.08. The maximum atomic E-state index is 12.7. The number of anilines is 1. The molecule has 2 rings (SSSR count). The molecule has 2 N–H and O–H groups in total. The highest BCUT2D eigenvalue weighted by molar-refractivity contribution is 5.42. The maximum absolute atomic E-state index is 12.7. The molecule has 0 fully saturated rings. The van der Waals surface area contributed by atoms with E-state index in [1.54, 1.807) is 12.1 Å². The topological polar surface area (TPSA) is 53.1 Å². The Labute approximate surface area is 114 Å². The molecule has 0 saturated heterocycles. The fourth-order valence-electron chi connectivity index (χ4n) is 1.80. The first-order valence-corrected chi connectivity index (χ1v) is 6.05. The quantitative estimate of drug-likeness (QED) is 0.859. The Morgan fingerprint density at radius 1 is 1.20 bits per heavy atom. The van der Waals surface area contributed by atoms with Gasteiger partial charge < -0.3 is 10.5 Å². The highest BCUT2D eigenvalue weighted by Gasteiger charge is 2.37. The van der Waals surface area contributed by atoms with Crippen molar-refractivity contribution in [2.45, 2.75) is 19.1 Å². The molecule has 0 aliphatic rings. The third-order valence-corrected chi connectivity index (χ3v) is 2.66. The molecule has 0 saturated carbocycles. The van der Waals surface area contributed by atoms with E-state index in [2.05, 4.69) is 5.10 Å². The summed E-state index contributed by atoms with van der Waals surface area (Å²) in [6.07, 6.45) is -3.08. The highest BCUT2D eigenvalue weighted by Crippen LogP contribution is 2.33. The first kappa shape index (κ1) is 14.2. The summed E-state index contributed by atoms with van der Waals surface area (Å²) >= 11 is 0. The largest absolute Gasteiger partial charge is 0.494 e. The predicted octanol–water partition coefficient (Wildman–Crippen LogP) is 2.95. The Hall–Kier alpha value is -2.18. The molecule has 1 heterocycles. The molecule has 2 aromatic rings. The molecule has 0 spiro atoms. The fraction of sp³-hybridized carbons (Fsp3) is 0.308. The van der Waals surface area contributed by atoms with Crippen molar-refractivity contribution in [1.29, 1.82) is 0 Å². The average Bonchev–Trinajstić information content (AvgIpc) is 2.77. The molecule has 108 valence electrons. The van der Waals surface area contributed by atoms with E-state index in [1.807, 2.05) is 18.2 Å². The van der Waals surface area contributed by atoms with E-state index in [4.69, 9.17) is 10.5 Å². The van der Waals surface area contributed by atoms with Gasteiger partial charge in [0.05, 0.1) is 18.5 Å². The number of alkyl halides is 3. The van der Waals surface area contributed by atoms with Crippen LogP contribution < -0.4 is 10.5 Å². The monoisotopic (exact) mass is 285 g/mol. The van der Waals surface area contributed by atoms with Crippen LogP contribution in [-0.2, 0) is 12.7 Å². The summed E-state index contributed by atoms with van der Waals surface area (Å²) in [6.45, 7) is 0.403. The van der Waals surface area contributed by atoms with E-state index in [0.717, 1.165) is 10.9 Å². The summed E-state index contributed by atoms with van der Waals surface area (Å²) < 4.78 is 44.5. The number of halogens is 3. The van der Waals surface area contributed by atoms with E-state index in [9.17, 15) is 13.2 Å². The minimum Gasteiger partial charge on any atom is -0.494 e. The zero-order valence-electron chi connectivity index (χ0n) is 10.6. The minimum atomic E-state index is -4.50. The van der Waals surface area contributed by atoms with Gasteiger partial charge in [0.1, 0.15) is 5.75 Å². The van der Waals surface area contributed by atoms with Gasteiger partial charge in [-0.15, -0.1) is 0 Å². The molecule has 0 atom stereocenters. The van der Waals surface area contributed by atoms with Crippen LogP contribution in [0, 0.1) is 0 Å². The second kappa shape index (κ2) is 5.85. The molecular weight excluding hydrogens is 271 g/mol. The van der Waals surface area contributed by atoms with Gasteiger partial charge in [-0.25, -0.2) is 0 Å². The highest BCUT2D eigenvalue weighted by atomic mass is 19.4. The van der Waals surface area contributed by atoms with Gasteiger partial charge in [0, 0.05) is 13.0 Å². The molecule has 0 amide bonds. The van der Waals surface area contributed by atoms with Crippen LogP contribution >= 0.6 is 0 Å². The van der Waals surface area contributed by atoms with E-state index < -0.39 is 11.9 Å². The molecule has 0 bridgehead atoms. The Kier molecular flexibility index (Phi) is 4.16. The van der Waals surface area contributed by atoms with Gasteiger partial charge in [-0.3, -0.25) is 4.68 Å². The van der Waals surface area contributed by atoms with Crippen molar-refractivity contribution < 1.29 is 17.9 Å². The van der Waals surface area contributed by atoms with Crippen molar-refractivity contribution in [1.82, 2.24) is 9.78 Å². The van der Waals surface area contributed by atoms with Gasteiger partial charge in [-0.2, -0.15) is 18.3 Å². The van der Waals surface area contributed by atoms with Crippen LogP contribution in [0.4, 0.5) is 18.9 Å². The first-order valence-electron chi connectivity index (χ1n) is 6.05. The van der Waals surface area contributed by atoms with Crippen LogP contribution in [-0.4, -0.2) is 16.4 Å². The van der Waals surface area contributed by atoms with Gasteiger partial charge in [-0.1, -0.05) is 18.2 Å². The number of rotatable bonds is 5. The number of nitrogens with two attached hydrogens (primary N) is 1. The Morgan fingerprint density at radius 2 is 1.90 bits per heavy atom. The number of para-hydroxylation sites is 1. The number of benzene rings is 1. The van der Waals surface area contributed by atoms with Crippen LogP contribution in [0.2, 0.25) is 0 Å². The standard InChI is InChI=1S/C13H14F3N3O/c14-13(15,16)12-11(17)9-18-19(12)7-4-8-20-10-5-2-1-3-6-10/h1-3,5-6,9H,4,7-8,17H2. The lowest BCUT2D eigenvalue weighted by Crippen LogP contribution is -2.17. The number of nitrogens with zero attached hydrogens (tertiary/aromatic N) is 2. The normalized spacial score (nSPS) is 11.6. The summed E-state index contributed by atoms with van der Waals surface area (Å²) in [4.78, 5) is 0. The summed E-state index contributed by atoms with van der Waals surface area (Å²) in [5.74, 6) is 0.684. The second-order valence-electron chi connectivity index (χ2n) is 4.18. The molecule has 20 heavy (non-hydrogen) atoms. The third-order valence-electron chi connectivity index (χ3n) is 2.66. The number of ether oxygens (including phenoxy) is 1. The lowest BCUT2D eigenvalue weighted by atomic mass is 10.3. The van der Waals surface area contributed by atoms with Crippen LogP contribution in [0.3, 0.4) is 0 Å². The number of aryl methyl sites for hydroxylation is 1. The van der Waals surface area contributed by atoms with Gasteiger partial charge in [0.2, 0.25) is 0 Å². The van der Waals surface area contributed by atoms with Crippen molar-refractivity contribution in [3.8, 4) is 5.75 Å². The lowest BCUT2D eigenvalue weighted by molar-refractivity contribution is -0.143. The number of aromatic nitrogens is 2. The Morgan fingerprint density at radius 3 is 2.55 bits per heavy atom. The van der Waals surface area contributed by atoms with Gasteiger partial charge in [-0.05, 0) is 12.1 Å². The predicted molar refractivity (Wildman–Crippen MR) is 68.2 cm³/mol. The molecule has 1 aromatic carbocycles. The smallest absolute Gasteiger partial charge is 0.435 e. The number of hydrogen-bond donors (Lipinski definition) is 1. The maximum Gasteiger partial charge on any atom is 0.435 e. The molecule has 0 unspecified atom stereocenters. The van der Waals surface area contributed by atoms with E-state index >= 15 is 0 Å². The van der Waals surface area contributed by atoms with Crippen LogP contribution in [0.25, 0.3) is 0 Å². The van der Waals surface area contributed by atoms with Crippen LogP contribution in [0.15, 0.2) is 36.5 Å². The second-order valence-corrected chi connectivity index (χ2v) is 4.18. The molecule has 0 aliphatic carbocycles. The van der Waals surface area contributed by atoms with E-state index in [-0.39, 0.29) is 12.2 Å². The van der Waals surface area contributed by atoms with Gasteiger partial charge in [0.15, 0.2) is 5.69 Å². The van der Waals surface area contributed by atoms with Crippen molar-refractivity contribution >= 4 is 5.69 Å². The number of nitrogen functional groups attached to an aromatic ring is 1. The zero-order chi connectivity index (χ0) is 14.6. The van der Waals surface area contributed by atoms with Crippen LogP contribution in [0.5, 0.6) is 5.75 Å². The molecular formula is C13H14F3N3O. The third kappa shape index (κ3) is 3.43. The van der Waals surface area contributed by atoms with Crippen molar-refractivity contribution in [2.24, 2.45) is 0 Å². The Bertz CT molecular complexity index is 552. The van der Waals surface area contributed by atoms with Crippen molar-refractivity contribution in [2.75, 3.05) is 12.3 Å². The SMILES string of the molecule is Nc1cnn(CCCOc2ccccc2)c1C(F)(F)F. The fourth-order valence-corrected chi connectivity index (χ4v) is 1.80. The van der Waals surface area contributed by atoms with E-state index in [1.165, 1.54) is 0 Å². The van der Waals surface area contributed by atoms with Gasteiger partial charge >= 0.3 is 6.18 Å². The van der Waals surface area contributed by atoms with Crippen molar-refractivity contribution in [3.63, 3.8) is 0 Å². The summed E-state index contributed by atoms with van der Waals surface area (Å²) in [5.41, 5.74) is 4.02. The average molecular weight is 285 g/mol. The first-order chi connectivity index (χ1) is 9.48. The van der Waals surface area contributed by atoms with E-state index in [0.29, 0.717) is 18.8 Å². The molecule has 1 aromatic heterocycles. The zero-order valence-corrected chi connectivity index (χ0v) is 10.6. The molecule has 0 aliphatic heterocycles. The minimum absolute atomic E-state index is 0.0961. The molecule has 4 nitrogen and oxygen atoms in total. The molecule has 0 radical (unpaired) electrons. The van der Waals surface area contributed by atoms with Crippen LogP contribution in [0.1, 0.15) is 12.1 Å². The van der Waals surface area contributed by atoms with Crippen molar-refractivity contribution in [3.05, 3.63) is 42.2 Å². The summed E-state index contributed by atoms with van der Waals surface area (Å²) in [5, 5.41) is 3.64. The Balaban J connectivity index is 1.89. The van der Waals surface area contributed by atoms with Gasteiger partial charge in [0.25, 0.3) is 0 Å².